The van der Waals surface area contributed by atoms with Gasteiger partial charge in [0.05, 0.1) is 24.5 Å². The van der Waals surface area contributed by atoms with Crippen LogP contribution in [-0.2, 0) is 22.3 Å². The number of carbonyl (C=O) groups is 1. The normalized spacial score (nSPS) is 20.7. The van der Waals surface area contributed by atoms with Crippen LogP contribution in [0.5, 0.6) is 5.75 Å². The summed E-state index contributed by atoms with van der Waals surface area (Å²) in [6.45, 7) is 4.93. The molecular weight excluding hydrogens is 545 g/mol. The first kappa shape index (κ1) is 29.5. The maximum atomic E-state index is 13.7. The summed E-state index contributed by atoms with van der Waals surface area (Å²) in [5.41, 5.74) is 1.26. The second-order valence-electron chi connectivity index (χ2n) is 10.6. The minimum absolute atomic E-state index is 0.0172. The zero-order valence-corrected chi connectivity index (χ0v) is 23.5. The number of nitrogens with zero attached hydrogens (tertiary/aromatic N) is 1. The molecule has 0 saturated carbocycles. The first-order chi connectivity index (χ1) is 20.3. The SMILES string of the molecule is CCOC=Cc1ccc(COc2cccc([C@@H](NC(=O)O[C@H]3CN4CCC3CC4)c3ccccc3)c2)cc1C(F)(F)F. The van der Waals surface area contributed by atoms with E-state index in [2.05, 4.69) is 10.2 Å². The molecule has 3 fully saturated rings. The van der Waals surface area contributed by atoms with E-state index in [-0.39, 0.29) is 18.3 Å². The Morgan fingerprint density at radius 3 is 2.48 bits per heavy atom. The summed E-state index contributed by atoms with van der Waals surface area (Å²) in [6, 6.07) is 20.3. The lowest BCUT2D eigenvalue weighted by Crippen LogP contribution is -2.52. The van der Waals surface area contributed by atoms with Crippen LogP contribution >= 0.6 is 0 Å². The fraction of sp³-hybridized carbons (Fsp3) is 0.364. The minimum atomic E-state index is -4.53. The molecule has 9 heteroatoms. The van der Waals surface area contributed by atoms with Crippen LogP contribution in [0, 0.1) is 5.92 Å². The van der Waals surface area contributed by atoms with E-state index in [0.717, 1.165) is 49.7 Å². The van der Waals surface area contributed by atoms with Gasteiger partial charge in [0, 0.05) is 6.54 Å². The Kier molecular flexibility index (Phi) is 9.37. The van der Waals surface area contributed by atoms with Gasteiger partial charge in [0.15, 0.2) is 0 Å². The second kappa shape index (κ2) is 13.3. The molecule has 6 nitrogen and oxygen atoms in total. The van der Waals surface area contributed by atoms with E-state index in [1.54, 1.807) is 31.2 Å². The van der Waals surface area contributed by atoms with Gasteiger partial charge in [-0.15, -0.1) is 0 Å². The van der Waals surface area contributed by atoms with Crippen LogP contribution < -0.4 is 10.1 Å². The van der Waals surface area contributed by atoms with Crippen molar-refractivity contribution in [2.45, 2.75) is 44.7 Å². The summed E-state index contributed by atoms with van der Waals surface area (Å²) in [4.78, 5) is 15.4. The summed E-state index contributed by atoms with van der Waals surface area (Å²) >= 11 is 0. The van der Waals surface area contributed by atoms with Crippen molar-refractivity contribution >= 4 is 12.2 Å². The third-order valence-corrected chi connectivity index (χ3v) is 7.78. The van der Waals surface area contributed by atoms with Crippen molar-refractivity contribution in [1.29, 1.82) is 0 Å². The Morgan fingerprint density at radius 1 is 1.02 bits per heavy atom. The molecule has 42 heavy (non-hydrogen) atoms. The molecule has 3 heterocycles. The number of hydrogen-bond acceptors (Lipinski definition) is 5. The van der Waals surface area contributed by atoms with E-state index in [9.17, 15) is 18.0 Å². The van der Waals surface area contributed by atoms with Gasteiger partial charge in [-0.3, -0.25) is 4.90 Å². The molecule has 3 aromatic rings. The van der Waals surface area contributed by atoms with Crippen LogP contribution in [-0.4, -0.2) is 43.3 Å². The first-order valence-corrected chi connectivity index (χ1v) is 14.3. The van der Waals surface area contributed by atoms with Gasteiger partial charge in [0.25, 0.3) is 0 Å². The van der Waals surface area contributed by atoms with E-state index < -0.39 is 23.9 Å². The van der Waals surface area contributed by atoms with Crippen molar-refractivity contribution in [1.82, 2.24) is 10.2 Å². The highest BCUT2D eigenvalue weighted by Gasteiger charge is 2.37. The molecular formula is C33H35F3N2O4. The number of alkyl halides is 3. The minimum Gasteiger partial charge on any atom is -0.501 e. The van der Waals surface area contributed by atoms with Crippen LogP contribution in [0.15, 0.2) is 79.1 Å². The van der Waals surface area contributed by atoms with E-state index in [0.29, 0.717) is 23.8 Å². The van der Waals surface area contributed by atoms with Gasteiger partial charge in [-0.05, 0) is 85.3 Å². The number of halogens is 3. The highest BCUT2D eigenvalue weighted by Crippen LogP contribution is 2.34. The molecule has 3 aliphatic heterocycles. The zero-order chi connectivity index (χ0) is 29.5. The highest BCUT2D eigenvalue weighted by molar-refractivity contribution is 5.69. The molecule has 222 valence electrons. The van der Waals surface area contributed by atoms with Crippen molar-refractivity contribution < 1.29 is 32.2 Å². The molecule has 6 rings (SSSR count). The Balaban J connectivity index is 1.30. The maximum Gasteiger partial charge on any atom is 0.416 e. The van der Waals surface area contributed by atoms with Gasteiger partial charge < -0.3 is 19.5 Å². The third-order valence-electron chi connectivity index (χ3n) is 7.78. The largest absolute Gasteiger partial charge is 0.501 e. The van der Waals surface area contributed by atoms with Crippen molar-refractivity contribution in [3.8, 4) is 5.75 Å². The number of alkyl carbamates (subject to hydrolysis) is 1. The Bertz CT molecular complexity index is 1370. The molecule has 2 atom stereocenters. The molecule has 0 aliphatic carbocycles. The van der Waals surface area contributed by atoms with Gasteiger partial charge in [-0.1, -0.05) is 54.6 Å². The lowest BCUT2D eigenvalue weighted by Gasteiger charge is -2.43. The van der Waals surface area contributed by atoms with Gasteiger partial charge >= 0.3 is 12.3 Å². The average molecular weight is 581 g/mol. The quantitative estimate of drug-likeness (QED) is 0.257. The first-order valence-electron chi connectivity index (χ1n) is 14.3. The summed E-state index contributed by atoms with van der Waals surface area (Å²) < 4.78 is 58.1. The predicted molar refractivity (Wildman–Crippen MR) is 154 cm³/mol. The van der Waals surface area contributed by atoms with Gasteiger partial charge in [0.1, 0.15) is 18.5 Å². The van der Waals surface area contributed by atoms with Crippen LogP contribution in [0.3, 0.4) is 0 Å². The number of rotatable bonds is 10. The van der Waals surface area contributed by atoms with E-state index in [1.807, 2.05) is 36.4 Å². The molecule has 3 aliphatic rings. The van der Waals surface area contributed by atoms with Crippen LogP contribution in [0.25, 0.3) is 6.08 Å². The maximum absolute atomic E-state index is 13.7. The number of amides is 1. The highest BCUT2D eigenvalue weighted by atomic mass is 19.4. The number of hydrogen-bond donors (Lipinski definition) is 1. The molecule has 0 spiro atoms. The van der Waals surface area contributed by atoms with Gasteiger partial charge in [-0.2, -0.15) is 13.2 Å². The summed E-state index contributed by atoms with van der Waals surface area (Å²) in [7, 11) is 0. The predicted octanol–water partition coefficient (Wildman–Crippen LogP) is 7.20. The van der Waals surface area contributed by atoms with Crippen LogP contribution in [0.1, 0.15) is 53.6 Å². The van der Waals surface area contributed by atoms with Crippen molar-refractivity contribution in [3.63, 3.8) is 0 Å². The number of piperidine rings is 3. The average Bonchev–Trinajstić information content (AvgIpc) is 3.00. The van der Waals surface area contributed by atoms with E-state index in [4.69, 9.17) is 14.2 Å². The molecule has 3 saturated heterocycles. The smallest absolute Gasteiger partial charge is 0.416 e. The van der Waals surface area contributed by atoms with E-state index >= 15 is 0 Å². The third kappa shape index (κ3) is 7.45. The number of benzene rings is 3. The van der Waals surface area contributed by atoms with Crippen molar-refractivity contribution in [2.24, 2.45) is 5.92 Å². The molecule has 0 radical (unpaired) electrons. The second-order valence-corrected chi connectivity index (χ2v) is 10.6. The molecule has 1 amide bonds. The Labute approximate surface area is 244 Å². The lowest BCUT2D eigenvalue weighted by atomic mass is 9.86. The monoisotopic (exact) mass is 580 g/mol. The zero-order valence-electron chi connectivity index (χ0n) is 23.5. The lowest BCUT2D eigenvalue weighted by molar-refractivity contribution is -0.137. The number of ether oxygens (including phenoxy) is 3. The molecule has 0 unspecified atom stereocenters. The van der Waals surface area contributed by atoms with Crippen LogP contribution in [0.4, 0.5) is 18.0 Å². The molecule has 2 bridgehead atoms. The van der Waals surface area contributed by atoms with Gasteiger partial charge in [-0.25, -0.2) is 4.79 Å². The van der Waals surface area contributed by atoms with E-state index in [1.165, 1.54) is 18.4 Å². The Hall–Kier alpha value is -3.98. The topological polar surface area (TPSA) is 60.0 Å². The fourth-order valence-corrected chi connectivity index (χ4v) is 5.59. The molecule has 0 aromatic heterocycles. The van der Waals surface area contributed by atoms with Crippen molar-refractivity contribution in [2.75, 3.05) is 26.2 Å². The molecule has 3 aromatic carbocycles. The van der Waals surface area contributed by atoms with Gasteiger partial charge in [0.2, 0.25) is 0 Å². The van der Waals surface area contributed by atoms with Crippen LogP contribution in [0.2, 0.25) is 0 Å². The number of carbonyl (C=O) groups excluding carboxylic acids is 1. The standard InChI is InChI=1S/C33H35F3N2O4/c1-2-40-18-15-24-12-11-23(19-29(24)33(34,35)36)22-41-28-10-6-9-27(20-28)31(26-7-4-3-5-8-26)37-32(39)42-30-21-38-16-13-25(30)14-17-38/h3-12,15,18-20,25,30-31H,2,13-14,16-17,21-22H2,1H3,(H,37,39)/t30-,31-/m0/s1. The number of fused-ring (bicyclic) bond motifs is 3. The summed E-state index contributed by atoms with van der Waals surface area (Å²) in [6.07, 6.45) is -0.491. The molecule has 1 N–H and O–H groups in total. The fourth-order valence-electron chi connectivity index (χ4n) is 5.59. The number of nitrogens with one attached hydrogen (secondary N) is 1. The Morgan fingerprint density at radius 2 is 1.79 bits per heavy atom. The summed E-state index contributed by atoms with van der Waals surface area (Å²) in [5.74, 6) is 0.857. The van der Waals surface area contributed by atoms with Crippen molar-refractivity contribution in [3.05, 3.63) is 107 Å². The summed E-state index contributed by atoms with van der Waals surface area (Å²) in [5, 5.41) is 3.03.